The summed E-state index contributed by atoms with van der Waals surface area (Å²) in [6.07, 6.45) is 9.03. The third-order valence-corrected chi connectivity index (χ3v) is 4.90. The molecule has 0 aromatic carbocycles. The number of likely N-dealkylation sites (tertiary alicyclic amines) is 1. The summed E-state index contributed by atoms with van der Waals surface area (Å²) in [7, 11) is 0. The normalized spacial score (nSPS) is 25.7. The highest BCUT2D eigenvalue weighted by molar-refractivity contribution is 5.78. The monoisotopic (exact) mass is 307 g/mol. The first kappa shape index (κ1) is 17.3. The number of hydrogen-bond donors (Lipinski definition) is 1. The van der Waals surface area contributed by atoms with Gasteiger partial charge in [0.05, 0.1) is 19.2 Å². The zero-order valence-electron chi connectivity index (χ0n) is 13.7. The van der Waals surface area contributed by atoms with Crippen LogP contribution in [0.2, 0.25) is 0 Å². The Morgan fingerprint density at radius 2 is 2.00 bits per heavy atom. The average Bonchev–Trinajstić information content (AvgIpc) is 2.55. The first-order valence-corrected chi connectivity index (χ1v) is 8.51. The average molecular weight is 307 g/mol. The number of amides is 1. The second-order valence-corrected chi connectivity index (χ2v) is 6.37. The van der Waals surface area contributed by atoms with Crippen molar-refractivity contribution in [1.82, 2.24) is 14.7 Å². The molecular formula is C17H29N3O2. The van der Waals surface area contributed by atoms with E-state index in [0.717, 1.165) is 58.4 Å². The molecule has 2 aliphatic heterocycles. The van der Waals surface area contributed by atoms with Crippen LogP contribution in [0.3, 0.4) is 0 Å². The van der Waals surface area contributed by atoms with E-state index in [0.29, 0.717) is 13.1 Å². The molecule has 5 heteroatoms. The number of aliphatic hydroxyl groups excluding tert-OH is 1. The van der Waals surface area contributed by atoms with Crippen molar-refractivity contribution < 1.29 is 9.90 Å². The zero-order valence-corrected chi connectivity index (χ0v) is 13.7. The van der Waals surface area contributed by atoms with Gasteiger partial charge >= 0.3 is 0 Å². The third kappa shape index (κ3) is 4.45. The molecule has 2 atom stereocenters. The van der Waals surface area contributed by atoms with Gasteiger partial charge in [-0.3, -0.25) is 14.6 Å². The lowest BCUT2D eigenvalue weighted by atomic mass is 9.96. The number of aliphatic hydroxyl groups is 1. The predicted octanol–water partition coefficient (Wildman–Crippen LogP) is 0.389. The molecule has 2 aliphatic rings. The molecule has 0 aliphatic carbocycles. The van der Waals surface area contributed by atoms with E-state index in [1.54, 1.807) is 0 Å². The number of carbonyl (C=O) groups is 1. The van der Waals surface area contributed by atoms with E-state index in [1.807, 2.05) is 11.8 Å². The summed E-state index contributed by atoms with van der Waals surface area (Å²) in [5, 5.41) is 10.2. The fourth-order valence-corrected chi connectivity index (χ4v) is 3.48. The predicted molar refractivity (Wildman–Crippen MR) is 87.4 cm³/mol. The smallest absolute Gasteiger partial charge is 0.236 e. The Labute approximate surface area is 134 Å². The van der Waals surface area contributed by atoms with E-state index in [4.69, 9.17) is 6.42 Å². The van der Waals surface area contributed by atoms with Gasteiger partial charge in [0.25, 0.3) is 0 Å². The van der Waals surface area contributed by atoms with Gasteiger partial charge in [0.2, 0.25) is 5.91 Å². The Balaban J connectivity index is 1.84. The fourth-order valence-electron chi connectivity index (χ4n) is 3.48. The summed E-state index contributed by atoms with van der Waals surface area (Å²) in [6.45, 7) is 7.27. The molecular weight excluding hydrogens is 278 g/mol. The molecule has 2 saturated heterocycles. The standard InChI is InChI=1S/C17H29N3O2/c1-3-8-18-10-12-19(13-11-18)17(22)14-20-9-6-5-7-15(20)16(21)4-2/h1,15-16,21H,4-14H2,2H3. The van der Waals surface area contributed by atoms with Gasteiger partial charge in [-0.05, 0) is 25.8 Å². The highest BCUT2D eigenvalue weighted by Crippen LogP contribution is 2.21. The minimum absolute atomic E-state index is 0.144. The maximum Gasteiger partial charge on any atom is 0.236 e. The van der Waals surface area contributed by atoms with Crippen molar-refractivity contribution in [3.8, 4) is 12.3 Å². The first-order valence-electron chi connectivity index (χ1n) is 8.51. The summed E-state index contributed by atoms with van der Waals surface area (Å²) in [5.74, 6) is 2.85. The number of nitrogens with zero attached hydrogens (tertiary/aromatic N) is 3. The second-order valence-electron chi connectivity index (χ2n) is 6.37. The van der Waals surface area contributed by atoms with E-state index in [2.05, 4.69) is 15.7 Å². The van der Waals surface area contributed by atoms with Crippen LogP contribution in [0, 0.1) is 12.3 Å². The van der Waals surface area contributed by atoms with E-state index in [1.165, 1.54) is 0 Å². The number of piperazine rings is 1. The Hall–Kier alpha value is -1.09. The Kier molecular flexibility index (Phi) is 6.69. The summed E-state index contributed by atoms with van der Waals surface area (Å²) >= 11 is 0. The van der Waals surface area contributed by atoms with Crippen LogP contribution in [0.5, 0.6) is 0 Å². The number of terminal acetylenes is 1. The lowest BCUT2D eigenvalue weighted by molar-refractivity contribution is -0.135. The molecule has 5 nitrogen and oxygen atoms in total. The van der Waals surface area contributed by atoms with Crippen LogP contribution in [0.15, 0.2) is 0 Å². The number of piperidine rings is 1. The van der Waals surface area contributed by atoms with E-state index in [-0.39, 0.29) is 18.1 Å². The Morgan fingerprint density at radius 1 is 1.27 bits per heavy atom. The molecule has 0 saturated carbocycles. The van der Waals surface area contributed by atoms with Crippen molar-refractivity contribution in [3.05, 3.63) is 0 Å². The van der Waals surface area contributed by atoms with Gasteiger partial charge < -0.3 is 10.0 Å². The second kappa shape index (κ2) is 8.52. The highest BCUT2D eigenvalue weighted by Gasteiger charge is 2.30. The number of hydrogen-bond acceptors (Lipinski definition) is 4. The van der Waals surface area contributed by atoms with Gasteiger partial charge in [0.15, 0.2) is 0 Å². The summed E-state index contributed by atoms with van der Waals surface area (Å²) < 4.78 is 0. The zero-order chi connectivity index (χ0) is 15.9. The molecule has 2 unspecified atom stereocenters. The molecule has 0 spiro atoms. The molecule has 1 amide bonds. The molecule has 0 aromatic rings. The van der Waals surface area contributed by atoms with Crippen LogP contribution < -0.4 is 0 Å². The van der Waals surface area contributed by atoms with Crippen molar-refractivity contribution in [2.75, 3.05) is 45.8 Å². The van der Waals surface area contributed by atoms with Crippen LogP contribution in [-0.2, 0) is 4.79 Å². The van der Waals surface area contributed by atoms with Crippen molar-refractivity contribution in [2.24, 2.45) is 0 Å². The first-order chi connectivity index (χ1) is 10.7. The summed E-state index contributed by atoms with van der Waals surface area (Å²) in [5.41, 5.74) is 0. The van der Waals surface area contributed by atoms with E-state index in [9.17, 15) is 9.90 Å². The molecule has 2 rings (SSSR count). The largest absolute Gasteiger partial charge is 0.392 e. The maximum absolute atomic E-state index is 12.5. The van der Waals surface area contributed by atoms with E-state index < -0.39 is 0 Å². The van der Waals surface area contributed by atoms with Gasteiger partial charge in [-0.1, -0.05) is 19.3 Å². The minimum atomic E-state index is -0.319. The summed E-state index contributed by atoms with van der Waals surface area (Å²) in [6, 6.07) is 0.144. The lowest BCUT2D eigenvalue weighted by Gasteiger charge is -2.40. The topological polar surface area (TPSA) is 47.0 Å². The number of rotatable bonds is 5. The molecule has 124 valence electrons. The SMILES string of the molecule is C#CCN1CCN(C(=O)CN2CCCCC2C(O)CC)CC1. The van der Waals surface area contributed by atoms with Crippen molar-refractivity contribution in [2.45, 2.75) is 44.8 Å². The molecule has 0 aromatic heterocycles. The Morgan fingerprint density at radius 3 is 2.64 bits per heavy atom. The molecule has 0 radical (unpaired) electrons. The lowest BCUT2D eigenvalue weighted by Crippen LogP contribution is -2.54. The molecule has 0 bridgehead atoms. The van der Waals surface area contributed by atoms with Crippen LogP contribution in [0.4, 0.5) is 0 Å². The molecule has 22 heavy (non-hydrogen) atoms. The van der Waals surface area contributed by atoms with Crippen LogP contribution in [0.1, 0.15) is 32.6 Å². The summed E-state index contributed by atoms with van der Waals surface area (Å²) in [4.78, 5) is 18.9. The minimum Gasteiger partial charge on any atom is -0.392 e. The quantitative estimate of drug-likeness (QED) is 0.747. The highest BCUT2D eigenvalue weighted by atomic mass is 16.3. The van der Waals surface area contributed by atoms with Crippen LogP contribution in [-0.4, -0.2) is 83.7 Å². The van der Waals surface area contributed by atoms with Gasteiger partial charge in [0, 0.05) is 32.2 Å². The van der Waals surface area contributed by atoms with Crippen LogP contribution >= 0.6 is 0 Å². The van der Waals surface area contributed by atoms with Gasteiger partial charge in [-0.2, -0.15) is 0 Å². The van der Waals surface area contributed by atoms with Gasteiger partial charge in [-0.25, -0.2) is 0 Å². The molecule has 1 N–H and O–H groups in total. The van der Waals surface area contributed by atoms with Crippen molar-refractivity contribution in [3.63, 3.8) is 0 Å². The van der Waals surface area contributed by atoms with Gasteiger partial charge in [-0.15, -0.1) is 6.42 Å². The van der Waals surface area contributed by atoms with Crippen molar-refractivity contribution >= 4 is 5.91 Å². The van der Waals surface area contributed by atoms with Crippen molar-refractivity contribution in [1.29, 1.82) is 0 Å². The Bertz CT molecular complexity index is 399. The third-order valence-electron chi connectivity index (χ3n) is 4.90. The van der Waals surface area contributed by atoms with Crippen LogP contribution in [0.25, 0.3) is 0 Å². The molecule has 2 fully saturated rings. The maximum atomic E-state index is 12.5. The number of carbonyl (C=O) groups excluding carboxylic acids is 1. The van der Waals surface area contributed by atoms with Gasteiger partial charge in [0.1, 0.15) is 0 Å². The fraction of sp³-hybridized carbons (Fsp3) is 0.824. The molecule has 2 heterocycles. The van der Waals surface area contributed by atoms with E-state index >= 15 is 0 Å².